The van der Waals surface area contributed by atoms with Gasteiger partial charge in [-0.05, 0) is 31.5 Å². The largest absolute Gasteiger partial charge is 0.354 e. The number of pyridine rings is 1. The van der Waals surface area contributed by atoms with Crippen molar-refractivity contribution in [2.45, 2.75) is 25.9 Å². The lowest BCUT2D eigenvalue weighted by molar-refractivity contribution is -0.124. The van der Waals surface area contributed by atoms with Gasteiger partial charge >= 0.3 is 0 Å². The average molecular weight is 288 g/mol. The van der Waals surface area contributed by atoms with E-state index in [2.05, 4.69) is 25.7 Å². The maximum Gasteiger partial charge on any atom is 0.244 e. The standard InChI is InChI=1S/C14H20N6O/c1-12(20-11-17-10-19-20)14(21)18-7-3-6-16-9-13-4-2-5-15-8-13/h2,4-5,8,10-12,16H,3,6-7,9H2,1H3,(H,18,21). The van der Waals surface area contributed by atoms with Crippen molar-refractivity contribution in [3.05, 3.63) is 42.7 Å². The van der Waals surface area contributed by atoms with Crippen LogP contribution in [0.1, 0.15) is 24.9 Å². The summed E-state index contributed by atoms with van der Waals surface area (Å²) in [6, 6.07) is 3.61. The lowest BCUT2D eigenvalue weighted by atomic mass is 10.3. The van der Waals surface area contributed by atoms with Crippen LogP contribution in [-0.4, -0.2) is 38.7 Å². The molecule has 1 atom stereocenters. The van der Waals surface area contributed by atoms with Crippen LogP contribution in [0.3, 0.4) is 0 Å². The fourth-order valence-corrected chi connectivity index (χ4v) is 1.85. The van der Waals surface area contributed by atoms with Gasteiger partial charge < -0.3 is 10.6 Å². The highest BCUT2D eigenvalue weighted by atomic mass is 16.2. The van der Waals surface area contributed by atoms with E-state index < -0.39 is 0 Å². The van der Waals surface area contributed by atoms with Gasteiger partial charge in [-0.1, -0.05) is 6.07 Å². The van der Waals surface area contributed by atoms with Gasteiger partial charge in [0, 0.05) is 25.5 Å². The summed E-state index contributed by atoms with van der Waals surface area (Å²) >= 11 is 0. The van der Waals surface area contributed by atoms with E-state index in [-0.39, 0.29) is 11.9 Å². The Kier molecular flexibility index (Phi) is 5.83. The number of nitrogens with one attached hydrogen (secondary N) is 2. The maximum absolute atomic E-state index is 11.9. The van der Waals surface area contributed by atoms with Gasteiger partial charge in [-0.2, -0.15) is 5.10 Å². The van der Waals surface area contributed by atoms with Crippen molar-refractivity contribution in [1.82, 2.24) is 30.4 Å². The van der Waals surface area contributed by atoms with Gasteiger partial charge in [-0.25, -0.2) is 9.67 Å². The minimum absolute atomic E-state index is 0.0484. The number of amides is 1. The summed E-state index contributed by atoms with van der Waals surface area (Å²) in [6.07, 6.45) is 7.44. The highest BCUT2D eigenvalue weighted by molar-refractivity contribution is 5.79. The first-order valence-corrected chi connectivity index (χ1v) is 6.99. The van der Waals surface area contributed by atoms with Crippen LogP contribution in [0.4, 0.5) is 0 Å². The number of rotatable bonds is 8. The molecule has 1 unspecified atom stereocenters. The summed E-state index contributed by atoms with van der Waals surface area (Å²) < 4.78 is 1.54. The zero-order chi connectivity index (χ0) is 14.9. The normalized spacial score (nSPS) is 12.0. The zero-order valence-electron chi connectivity index (χ0n) is 12.1. The topological polar surface area (TPSA) is 84.7 Å². The molecule has 112 valence electrons. The molecule has 2 rings (SSSR count). The fourth-order valence-electron chi connectivity index (χ4n) is 1.85. The molecule has 0 aliphatic heterocycles. The minimum atomic E-state index is -0.337. The highest BCUT2D eigenvalue weighted by Gasteiger charge is 2.14. The third-order valence-electron chi connectivity index (χ3n) is 3.09. The van der Waals surface area contributed by atoms with Crippen LogP contribution in [0.2, 0.25) is 0 Å². The van der Waals surface area contributed by atoms with Crippen LogP contribution in [0.25, 0.3) is 0 Å². The number of hydrogen-bond acceptors (Lipinski definition) is 5. The number of carbonyl (C=O) groups excluding carboxylic acids is 1. The smallest absolute Gasteiger partial charge is 0.244 e. The summed E-state index contributed by atoms with van der Waals surface area (Å²) in [7, 11) is 0. The van der Waals surface area contributed by atoms with Crippen LogP contribution in [0, 0.1) is 0 Å². The lowest BCUT2D eigenvalue weighted by Gasteiger charge is -2.12. The Hall–Kier alpha value is -2.28. The van der Waals surface area contributed by atoms with Gasteiger partial charge in [0.1, 0.15) is 18.7 Å². The van der Waals surface area contributed by atoms with E-state index in [0.29, 0.717) is 6.54 Å². The first-order chi connectivity index (χ1) is 10.3. The van der Waals surface area contributed by atoms with Gasteiger partial charge in [0.05, 0.1) is 0 Å². The highest BCUT2D eigenvalue weighted by Crippen LogP contribution is 2.01. The van der Waals surface area contributed by atoms with Crippen molar-refractivity contribution in [1.29, 1.82) is 0 Å². The molecule has 2 heterocycles. The molecule has 0 saturated heterocycles. The maximum atomic E-state index is 11.9. The third kappa shape index (κ3) is 4.96. The van der Waals surface area contributed by atoms with Crippen LogP contribution in [0.15, 0.2) is 37.2 Å². The third-order valence-corrected chi connectivity index (χ3v) is 3.09. The lowest BCUT2D eigenvalue weighted by Crippen LogP contribution is -2.33. The van der Waals surface area contributed by atoms with Crippen molar-refractivity contribution >= 4 is 5.91 Å². The van der Waals surface area contributed by atoms with Gasteiger partial charge in [0.15, 0.2) is 0 Å². The summed E-state index contributed by atoms with van der Waals surface area (Å²) in [5.74, 6) is -0.0484. The SMILES string of the molecule is CC(C(=O)NCCCNCc1cccnc1)n1cncn1. The summed E-state index contributed by atoms with van der Waals surface area (Å²) in [4.78, 5) is 19.8. The van der Waals surface area contributed by atoms with E-state index in [1.54, 1.807) is 19.4 Å². The molecule has 0 saturated carbocycles. The predicted molar refractivity (Wildman–Crippen MR) is 78.3 cm³/mol. The van der Waals surface area contributed by atoms with Crippen LogP contribution in [-0.2, 0) is 11.3 Å². The Morgan fingerprint density at radius 1 is 1.38 bits per heavy atom. The molecule has 0 radical (unpaired) electrons. The first kappa shape index (κ1) is 15.1. The number of hydrogen-bond donors (Lipinski definition) is 2. The molecular weight excluding hydrogens is 268 g/mol. The molecule has 0 aliphatic carbocycles. The first-order valence-electron chi connectivity index (χ1n) is 6.99. The van der Waals surface area contributed by atoms with Crippen LogP contribution < -0.4 is 10.6 Å². The quantitative estimate of drug-likeness (QED) is 0.692. The molecule has 2 N–H and O–H groups in total. The average Bonchev–Trinajstić information content (AvgIpc) is 3.05. The van der Waals surface area contributed by atoms with Gasteiger partial charge in [0.25, 0.3) is 0 Å². The number of carbonyl (C=O) groups is 1. The fraction of sp³-hybridized carbons (Fsp3) is 0.429. The molecule has 21 heavy (non-hydrogen) atoms. The van der Waals surface area contributed by atoms with Crippen molar-refractivity contribution in [3.63, 3.8) is 0 Å². The Morgan fingerprint density at radius 2 is 2.29 bits per heavy atom. The van der Waals surface area contributed by atoms with Crippen LogP contribution in [0.5, 0.6) is 0 Å². The molecule has 7 heteroatoms. The van der Waals surface area contributed by atoms with Crippen LogP contribution >= 0.6 is 0 Å². The predicted octanol–water partition coefficient (Wildman–Crippen LogP) is 0.530. The molecular formula is C14H20N6O. The Bertz CT molecular complexity index is 528. The second kappa shape index (κ2) is 8.11. The molecule has 2 aromatic rings. The molecule has 0 aromatic carbocycles. The second-order valence-corrected chi connectivity index (χ2v) is 4.73. The van der Waals surface area contributed by atoms with Crippen molar-refractivity contribution in [3.8, 4) is 0 Å². The minimum Gasteiger partial charge on any atom is -0.354 e. The van der Waals surface area contributed by atoms with E-state index in [1.807, 2.05) is 18.3 Å². The van der Waals surface area contributed by atoms with Crippen molar-refractivity contribution in [2.75, 3.05) is 13.1 Å². The van der Waals surface area contributed by atoms with Gasteiger partial charge in [0.2, 0.25) is 5.91 Å². The molecule has 0 aliphatic rings. The van der Waals surface area contributed by atoms with Gasteiger partial charge in [-0.15, -0.1) is 0 Å². The summed E-state index contributed by atoms with van der Waals surface area (Å²) in [5, 5.41) is 10.2. The summed E-state index contributed by atoms with van der Waals surface area (Å²) in [6.45, 7) is 4.06. The molecule has 0 spiro atoms. The van der Waals surface area contributed by atoms with Crippen molar-refractivity contribution in [2.24, 2.45) is 0 Å². The summed E-state index contributed by atoms with van der Waals surface area (Å²) in [5.41, 5.74) is 1.15. The second-order valence-electron chi connectivity index (χ2n) is 4.73. The van der Waals surface area contributed by atoms with E-state index in [4.69, 9.17) is 0 Å². The molecule has 2 aromatic heterocycles. The number of aromatic nitrogens is 4. The zero-order valence-corrected chi connectivity index (χ0v) is 12.1. The molecule has 0 bridgehead atoms. The van der Waals surface area contributed by atoms with E-state index in [1.165, 1.54) is 11.0 Å². The van der Waals surface area contributed by atoms with Gasteiger partial charge in [-0.3, -0.25) is 9.78 Å². The van der Waals surface area contributed by atoms with E-state index in [9.17, 15) is 4.79 Å². The van der Waals surface area contributed by atoms with Crippen molar-refractivity contribution < 1.29 is 4.79 Å². The Morgan fingerprint density at radius 3 is 3.00 bits per heavy atom. The Balaban J connectivity index is 1.56. The molecule has 7 nitrogen and oxygen atoms in total. The number of nitrogens with zero attached hydrogens (tertiary/aromatic N) is 4. The Labute approximate surface area is 123 Å². The molecule has 0 fully saturated rings. The van der Waals surface area contributed by atoms with E-state index in [0.717, 1.165) is 25.1 Å². The molecule has 1 amide bonds. The van der Waals surface area contributed by atoms with E-state index >= 15 is 0 Å². The monoisotopic (exact) mass is 288 g/mol.